The molecule has 0 radical (unpaired) electrons. The van der Waals surface area contributed by atoms with Crippen LogP contribution in [0.5, 0.6) is 0 Å². The summed E-state index contributed by atoms with van der Waals surface area (Å²) >= 11 is 0. The van der Waals surface area contributed by atoms with E-state index >= 15 is 0 Å². The molecule has 1 saturated heterocycles. The topological polar surface area (TPSA) is 60.8 Å². The standard InChI is InChI=1S/C7H13NO3/c1-7(6(10)11)3-5(9)4-8(7)2/h5,9H,3-4H2,1-2H3,(H,10,11)/t5-,7+/m1/s1. The fraction of sp³-hybridized carbons (Fsp3) is 0.857. The molecule has 64 valence electrons. The molecule has 0 saturated carbocycles. The van der Waals surface area contributed by atoms with Crippen molar-refractivity contribution in [1.29, 1.82) is 0 Å². The van der Waals surface area contributed by atoms with Crippen LogP contribution in [0.2, 0.25) is 0 Å². The van der Waals surface area contributed by atoms with Gasteiger partial charge >= 0.3 is 5.97 Å². The number of hydrogen-bond acceptors (Lipinski definition) is 3. The maximum atomic E-state index is 10.7. The zero-order valence-electron chi connectivity index (χ0n) is 6.74. The van der Waals surface area contributed by atoms with E-state index in [0.29, 0.717) is 13.0 Å². The van der Waals surface area contributed by atoms with E-state index in [4.69, 9.17) is 5.11 Å². The van der Waals surface area contributed by atoms with Gasteiger partial charge in [0.1, 0.15) is 5.54 Å². The average Bonchev–Trinajstić information content (AvgIpc) is 2.08. The first-order chi connectivity index (χ1) is 4.97. The van der Waals surface area contributed by atoms with Crippen molar-refractivity contribution in [2.75, 3.05) is 13.6 Å². The van der Waals surface area contributed by atoms with Crippen molar-refractivity contribution in [3.8, 4) is 0 Å². The van der Waals surface area contributed by atoms with E-state index in [1.165, 1.54) is 0 Å². The number of nitrogens with zero attached hydrogens (tertiary/aromatic N) is 1. The van der Waals surface area contributed by atoms with E-state index < -0.39 is 17.6 Å². The molecule has 1 rings (SSSR count). The van der Waals surface area contributed by atoms with Gasteiger partial charge < -0.3 is 10.2 Å². The summed E-state index contributed by atoms with van der Waals surface area (Å²) in [5.41, 5.74) is -0.876. The molecule has 2 N–H and O–H groups in total. The van der Waals surface area contributed by atoms with E-state index in [1.54, 1.807) is 18.9 Å². The SMILES string of the molecule is CN1C[C@H](O)C[C@@]1(C)C(=O)O. The monoisotopic (exact) mass is 159 g/mol. The second-order valence-electron chi connectivity index (χ2n) is 3.32. The van der Waals surface area contributed by atoms with E-state index in [0.717, 1.165) is 0 Å². The Morgan fingerprint density at radius 2 is 2.27 bits per heavy atom. The number of likely N-dealkylation sites (N-methyl/N-ethyl adjacent to an activating group) is 1. The van der Waals surface area contributed by atoms with Crippen molar-refractivity contribution >= 4 is 5.97 Å². The van der Waals surface area contributed by atoms with Crippen LogP contribution < -0.4 is 0 Å². The number of aliphatic hydroxyl groups is 1. The van der Waals surface area contributed by atoms with E-state index in [9.17, 15) is 9.90 Å². The summed E-state index contributed by atoms with van der Waals surface area (Å²) in [6.45, 7) is 2.08. The highest BCUT2D eigenvalue weighted by Crippen LogP contribution is 2.27. The fourth-order valence-electron chi connectivity index (χ4n) is 1.45. The van der Waals surface area contributed by atoms with Gasteiger partial charge in [-0.05, 0) is 14.0 Å². The number of carboxylic acid groups (broad SMARTS) is 1. The molecule has 11 heavy (non-hydrogen) atoms. The zero-order chi connectivity index (χ0) is 8.65. The maximum Gasteiger partial charge on any atom is 0.323 e. The van der Waals surface area contributed by atoms with Crippen molar-refractivity contribution in [3.05, 3.63) is 0 Å². The predicted octanol–water partition coefficient (Wildman–Crippen LogP) is -0.474. The normalized spacial score (nSPS) is 39.4. The van der Waals surface area contributed by atoms with Crippen molar-refractivity contribution in [1.82, 2.24) is 4.90 Å². The van der Waals surface area contributed by atoms with Crippen LogP contribution in [0.3, 0.4) is 0 Å². The number of aliphatic hydroxyl groups excluding tert-OH is 1. The van der Waals surface area contributed by atoms with Gasteiger partial charge in [-0.3, -0.25) is 9.69 Å². The first kappa shape index (κ1) is 8.49. The van der Waals surface area contributed by atoms with Crippen LogP contribution >= 0.6 is 0 Å². The molecule has 0 unspecified atom stereocenters. The molecule has 4 heteroatoms. The summed E-state index contributed by atoms with van der Waals surface area (Å²) in [6, 6.07) is 0. The molecular weight excluding hydrogens is 146 g/mol. The third-order valence-electron chi connectivity index (χ3n) is 2.42. The second kappa shape index (κ2) is 2.46. The van der Waals surface area contributed by atoms with Gasteiger partial charge in [-0.2, -0.15) is 0 Å². The van der Waals surface area contributed by atoms with Crippen LogP contribution in [0, 0.1) is 0 Å². The summed E-state index contributed by atoms with van der Waals surface area (Å²) in [4.78, 5) is 12.4. The Bertz CT molecular complexity index is 183. The van der Waals surface area contributed by atoms with Crippen molar-refractivity contribution < 1.29 is 15.0 Å². The highest BCUT2D eigenvalue weighted by atomic mass is 16.4. The van der Waals surface area contributed by atoms with Crippen LogP contribution in [-0.2, 0) is 4.79 Å². The van der Waals surface area contributed by atoms with Crippen LogP contribution in [0.25, 0.3) is 0 Å². The fourth-order valence-corrected chi connectivity index (χ4v) is 1.45. The van der Waals surface area contributed by atoms with Gasteiger partial charge in [0.05, 0.1) is 6.10 Å². The quantitative estimate of drug-likeness (QED) is 0.543. The minimum absolute atomic E-state index is 0.318. The van der Waals surface area contributed by atoms with Gasteiger partial charge in [0.25, 0.3) is 0 Å². The third-order valence-corrected chi connectivity index (χ3v) is 2.42. The average molecular weight is 159 g/mol. The number of aliphatic carboxylic acids is 1. The first-order valence-corrected chi connectivity index (χ1v) is 3.59. The number of β-amino-alcohol motifs (C(OH)–C–C–N with tert-alkyl or cyclic N) is 1. The molecule has 0 aromatic rings. The van der Waals surface area contributed by atoms with Gasteiger partial charge in [-0.1, -0.05) is 0 Å². The molecule has 0 spiro atoms. The van der Waals surface area contributed by atoms with Crippen LogP contribution in [0.1, 0.15) is 13.3 Å². The molecular formula is C7H13NO3. The number of hydrogen-bond donors (Lipinski definition) is 2. The third kappa shape index (κ3) is 1.23. The van der Waals surface area contributed by atoms with Crippen molar-refractivity contribution in [2.45, 2.75) is 25.0 Å². The van der Waals surface area contributed by atoms with Gasteiger partial charge in [-0.15, -0.1) is 0 Å². The lowest BCUT2D eigenvalue weighted by atomic mass is 9.99. The van der Waals surface area contributed by atoms with Gasteiger partial charge in [0.15, 0.2) is 0 Å². The molecule has 1 aliphatic rings. The largest absolute Gasteiger partial charge is 0.480 e. The molecule has 0 aromatic carbocycles. The van der Waals surface area contributed by atoms with E-state index in [-0.39, 0.29) is 0 Å². The molecule has 1 aliphatic heterocycles. The van der Waals surface area contributed by atoms with Crippen LogP contribution in [-0.4, -0.2) is 46.3 Å². The summed E-state index contributed by atoms with van der Waals surface area (Å²) in [6.07, 6.45) is -0.181. The Morgan fingerprint density at radius 3 is 2.45 bits per heavy atom. The molecule has 2 atom stereocenters. The summed E-state index contributed by atoms with van der Waals surface area (Å²) in [5.74, 6) is -0.864. The summed E-state index contributed by atoms with van der Waals surface area (Å²) in [5, 5.41) is 18.0. The molecule has 0 aliphatic carbocycles. The Balaban J connectivity index is 2.79. The predicted molar refractivity (Wildman–Crippen MR) is 39.3 cm³/mol. The highest BCUT2D eigenvalue weighted by molar-refractivity contribution is 5.78. The first-order valence-electron chi connectivity index (χ1n) is 3.59. The number of carbonyl (C=O) groups is 1. The lowest BCUT2D eigenvalue weighted by Gasteiger charge is -2.26. The Labute approximate surface area is 65.4 Å². The minimum atomic E-state index is -0.876. The van der Waals surface area contributed by atoms with Gasteiger partial charge in [-0.25, -0.2) is 0 Å². The number of carboxylic acids is 1. The second-order valence-corrected chi connectivity index (χ2v) is 3.32. The Hall–Kier alpha value is -0.610. The molecule has 4 nitrogen and oxygen atoms in total. The maximum absolute atomic E-state index is 10.7. The lowest BCUT2D eigenvalue weighted by Crippen LogP contribution is -2.45. The van der Waals surface area contributed by atoms with Crippen molar-refractivity contribution in [3.63, 3.8) is 0 Å². The molecule has 0 bridgehead atoms. The molecule has 0 aromatic heterocycles. The molecule has 1 fully saturated rings. The smallest absolute Gasteiger partial charge is 0.323 e. The number of rotatable bonds is 1. The van der Waals surface area contributed by atoms with Gasteiger partial charge in [0, 0.05) is 13.0 Å². The van der Waals surface area contributed by atoms with Gasteiger partial charge in [0.2, 0.25) is 0 Å². The summed E-state index contributed by atoms with van der Waals surface area (Å²) < 4.78 is 0. The summed E-state index contributed by atoms with van der Waals surface area (Å²) in [7, 11) is 1.71. The van der Waals surface area contributed by atoms with Crippen LogP contribution in [0.4, 0.5) is 0 Å². The highest BCUT2D eigenvalue weighted by Gasteiger charge is 2.45. The van der Waals surface area contributed by atoms with Crippen molar-refractivity contribution in [2.24, 2.45) is 0 Å². The Kier molecular flexibility index (Phi) is 1.90. The minimum Gasteiger partial charge on any atom is -0.480 e. The molecule has 1 heterocycles. The van der Waals surface area contributed by atoms with Crippen LogP contribution in [0.15, 0.2) is 0 Å². The lowest BCUT2D eigenvalue weighted by molar-refractivity contribution is -0.147. The number of likely N-dealkylation sites (tertiary alicyclic amines) is 1. The Morgan fingerprint density at radius 1 is 1.73 bits per heavy atom. The molecule has 0 amide bonds. The zero-order valence-corrected chi connectivity index (χ0v) is 6.74. The van der Waals surface area contributed by atoms with E-state index in [2.05, 4.69) is 0 Å². The van der Waals surface area contributed by atoms with E-state index in [1.807, 2.05) is 0 Å².